The van der Waals surface area contributed by atoms with Gasteiger partial charge in [-0.3, -0.25) is 4.79 Å². The molecular weight excluding hydrogens is 404 g/mol. The van der Waals surface area contributed by atoms with E-state index in [2.05, 4.69) is 20.3 Å². The first-order chi connectivity index (χ1) is 13.3. The molecule has 9 nitrogen and oxygen atoms in total. The van der Waals surface area contributed by atoms with Gasteiger partial charge in [-0.1, -0.05) is 35.0 Å². The monoisotopic (exact) mass is 422 g/mol. The predicted molar refractivity (Wildman–Crippen MR) is 105 cm³/mol. The summed E-state index contributed by atoms with van der Waals surface area (Å²) in [6, 6.07) is 7.36. The third-order valence-electron chi connectivity index (χ3n) is 4.91. The largest absolute Gasteiger partial charge is 0.308 e. The summed E-state index contributed by atoms with van der Waals surface area (Å²) in [6.07, 6.45) is 2.64. The molecule has 3 aromatic rings. The van der Waals surface area contributed by atoms with Crippen LogP contribution in [0.3, 0.4) is 0 Å². The van der Waals surface area contributed by atoms with Gasteiger partial charge in [0.1, 0.15) is 5.82 Å². The molecule has 1 fully saturated rings. The fraction of sp³-hybridized carbons (Fsp3) is 0.412. The number of sulfonamides is 1. The lowest BCUT2D eigenvalue weighted by Gasteiger charge is -2.30. The Morgan fingerprint density at radius 1 is 1.32 bits per heavy atom. The molecule has 1 aromatic carbocycles. The molecule has 2 aromatic heterocycles. The molecule has 1 aliphatic heterocycles. The molecule has 0 saturated carbocycles. The van der Waals surface area contributed by atoms with Crippen LogP contribution in [-0.4, -0.2) is 57.0 Å². The first-order valence-corrected chi connectivity index (χ1v) is 11.1. The number of benzene rings is 1. The van der Waals surface area contributed by atoms with Crippen LogP contribution in [0.15, 0.2) is 29.1 Å². The Labute approximate surface area is 166 Å². The van der Waals surface area contributed by atoms with E-state index in [0.717, 1.165) is 12.0 Å². The van der Waals surface area contributed by atoms with Crippen molar-refractivity contribution in [3.63, 3.8) is 0 Å². The fourth-order valence-electron chi connectivity index (χ4n) is 3.44. The smallest absolute Gasteiger partial charge is 0.281 e. The number of nitrogens with zero attached hydrogens (tertiary/aromatic N) is 5. The highest BCUT2D eigenvalue weighted by Gasteiger charge is 2.29. The highest BCUT2D eigenvalue weighted by Crippen LogP contribution is 2.26. The summed E-state index contributed by atoms with van der Waals surface area (Å²) in [5.74, 6) is 0.262. The second-order valence-electron chi connectivity index (χ2n) is 6.92. The van der Waals surface area contributed by atoms with Gasteiger partial charge in [0, 0.05) is 24.0 Å². The van der Waals surface area contributed by atoms with Gasteiger partial charge in [-0.15, -0.1) is 5.10 Å². The van der Waals surface area contributed by atoms with Crippen LogP contribution in [0.2, 0.25) is 5.02 Å². The Hall–Kier alpha value is -2.30. The van der Waals surface area contributed by atoms with Gasteiger partial charge in [0.15, 0.2) is 11.2 Å². The molecule has 0 radical (unpaired) electrons. The Kier molecular flexibility index (Phi) is 4.94. The molecule has 0 aliphatic carbocycles. The molecule has 4 rings (SSSR count). The topological polar surface area (TPSA) is 114 Å². The molecule has 0 amide bonds. The summed E-state index contributed by atoms with van der Waals surface area (Å²) >= 11 is 6.22. The Morgan fingerprint density at radius 2 is 2.11 bits per heavy atom. The van der Waals surface area contributed by atoms with Gasteiger partial charge in [0.2, 0.25) is 10.0 Å². The van der Waals surface area contributed by atoms with Crippen LogP contribution < -0.4 is 5.56 Å². The minimum Gasteiger partial charge on any atom is -0.308 e. The highest BCUT2D eigenvalue weighted by atomic mass is 35.5. The summed E-state index contributed by atoms with van der Waals surface area (Å²) in [5, 5.41) is 8.58. The Morgan fingerprint density at radius 3 is 2.86 bits per heavy atom. The normalized spacial score (nSPS) is 18.6. The number of fused-ring (bicyclic) bond motifs is 1. The number of aromatic nitrogens is 5. The average molecular weight is 423 g/mol. The first-order valence-electron chi connectivity index (χ1n) is 8.85. The van der Waals surface area contributed by atoms with E-state index in [9.17, 15) is 13.2 Å². The van der Waals surface area contributed by atoms with Gasteiger partial charge in [-0.05, 0) is 24.5 Å². The van der Waals surface area contributed by atoms with Crippen molar-refractivity contribution in [2.24, 2.45) is 0 Å². The van der Waals surface area contributed by atoms with Crippen LogP contribution in [0.25, 0.3) is 11.2 Å². The zero-order valence-electron chi connectivity index (χ0n) is 15.2. The Bertz CT molecular complexity index is 1190. The van der Waals surface area contributed by atoms with Crippen LogP contribution in [0.1, 0.15) is 30.1 Å². The number of halogens is 1. The quantitative estimate of drug-likeness (QED) is 0.678. The van der Waals surface area contributed by atoms with Crippen LogP contribution in [0, 0.1) is 0 Å². The van der Waals surface area contributed by atoms with Crippen LogP contribution in [-0.2, 0) is 16.6 Å². The number of hydrogen-bond donors (Lipinski definition) is 1. The van der Waals surface area contributed by atoms with Crippen molar-refractivity contribution in [2.45, 2.75) is 25.3 Å². The van der Waals surface area contributed by atoms with Gasteiger partial charge in [-0.2, -0.15) is 0 Å². The minimum absolute atomic E-state index is 0.145. The standard InChI is InChI=1S/C17H19ClN6O3S/c1-28(26,27)23-8-4-6-12(9-23)15-19-16-14(17(25)20-15)21-22-24(16)10-11-5-2-3-7-13(11)18/h2-3,5,7,12H,4,6,8-10H2,1H3,(H,19,20,25)/t12-/m1/s1. The zero-order chi connectivity index (χ0) is 19.9. The van der Waals surface area contributed by atoms with Crippen molar-refractivity contribution in [3.8, 4) is 0 Å². The molecule has 0 spiro atoms. The molecule has 0 unspecified atom stereocenters. The van der Waals surface area contributed by atoms with E-state index in [1.807, 2.05) is 18.2 Å². The summed E-state index contributed by atoms with van der Waals surface area (Å²) in [6.45, 7) is 1.10. The maximum atomic E-state index is 12.5. The zero-order valence-corrected chi connectivity index (χ0v) is 16.7. The average Bonchev–Trinajstić information content (AvgIpc) is 3.06. The maximum Gasteiger partial charge on any atom is 0.281 e. The van der Waals surface area contributed by atoms with Gasteiger partial charge in [0.25, 0.3) is 5.56 Å². The van der Waals surface area contributed by atoms with Crippen molar-refractivity contribution < 1.29 is 8.42 Å². The summed E-state index contributed by atoms with van der Waals surface area (Å²) in [5.41, 5.74) is 0.948. The van der Waals surface area contributed by atoms with E-state index in [1.165, 1.54) is 15.2 Å². The van der Waals surface area contributed by atoms with Gasteiger partial charge in [0.05, 0.1) is 12.8 Å². The molecule has 3 heterocycles. The number of nitrogens with one attached hydrogen (secondary N) is 1. The first kappa shape index (κ1) is 19.0. The van der Waals surface area contributed by atoms with Crippen molar-refractivity contribution >= 4 is 32.8 Å². The lowest BCUT2D eigenvalue weighted by Crippen LogP contribution is -2.39. The molecule has 11 heteroatoms. The summed E-state index contributed by atoms with van der Waals surface area (Å²) in [7, 11) is -3.29. The van der Waals surface area contributed by atoms with E-state index in [-0.39, 0.29) is 17.0 Å². The summed E-state index contributed by atoms with van der Waals surface area (Å²) in [4.78, 5) is 19.8. The predicted octanol–water partition coefficient (Wildman–Crippen LogP) is 1.36. The number of H-pyrrole nitrogens is 1. The van der Waals surface area contributed by atoms with Crippen LogP contribution in [0.5, 0.6) is 0 Å². The molecular formula is C17H19ClN6O3S. The molecule has 1 saturated heterocycles. The van der Waals surface area contributed by atoms with Crippen molar-refractivity contribution in [1.29, 1.82) is 0 Å². The van der Waals surface area contributed by atoms with Crippen molar-refractivity contribution in [1.82, 2.24) is 29.3 Å². The Balaban J connectivity index is 1.71. The van der Waals surface area contributed by atoms with E-state index in [1.54, 1.807) is 6.07 Å². The number of piperidine rings is 1. The third-order valence-corrected chi connectivity index (χ3v) is 6.55. The summed E-state index contributed by atoms with van der Waals surface area (Å²) < 4.78 is 26.7. The number of hydrogen-bond acceptors (Lipinski definition) is 6. The van der Waals surface area contributed by atoms with E-state index >= 15 is 0 Å². The minimum atomic E-state index is -3.29. The molecule has 1 atom stereocenters. The molecule has 148 valence electrons. The van der Waals surface area contributed by atoms with Gasteiger partial charge >= 0.3 is 0 Å². The number of aromatic amines is 1. The van der Waals surface area contributed by atoms with Gasteiger partial charge in [-0.25, -0.2) is 22.4 Å². The maximum absolute atomic E-state index is 12.5. The lowest BCUT2D eigenvalue weighted by atomic mass is 9.99. The van der Waals surface area contributed by atoms with E-state index in [4.69, 9.17) is 11.6 Å². The fourth-order valence-corrected chi connectivity index (χ4v) is 4.54. The van der Waals surface area contributed by atoms with Crippen LogP contribution in [0.4, 0.5) is 0 Å². The van der Waals surface area contributed by atoms with Crippen LogP contribution >= 0.6 is 11.6 Å². The molecule has 28 heavy (non-hydrogen) atoms. The van der Waals surface area contributed by atoms with E-state index in [0.29, 0.717) is 42.5 Å². The molecule has 1 N–H and O–H groups in total. The van der Waals surface area contributed by atoms with Crippen molar-refractivity contribution in [2.75, 3.05) is 19.3 Å². The third kappa shape index (κ3) is 3.67. The lowest BCUT2D eigenvalue weighted by molar-refractivity contribution is 0.311. The second-order valence-corrected chi connectivity index (χ2v) is 9.31. The molecule has 0 bridgehead atoms. The molecule has 1 aliphatic rings. The SMILES string of the molecule is CS(=O)(=O)N1CCC[C@@H](c2nc3c(nnn3Cc3ccccc3Cl)c(=O)[nH]2)C1. The second kappa shape index (κ2) is 7.26. The highest BCUT2D eigenvalue weighted by molar-refractivity contribution is 7.88. The van der Waals surface area contributed by atoms with E-state index < -0.39 is 10.0 Å². The number of rotatable bonds is 4. The van der Waals surface area contributed by atoms with Gasteiger partial charge < -0.3 is 4.98 Å². The van der Waals surface area contributed by atoms with Crippen molar-refractivity contribution in [3.05, 3.63) is 51.0 Å².